The molecule has 0 radical (unpaired) electrons. The van der Waals surface area contributed by atoms with Crippen molar-refractivity contribution in [1.29, 1.82) is 0 Å². The number of pyridine rings is 1. The monoisotopic (exact) mass is 301 g/mol. The summed E-state index contributed by atoms with van der Waals surface area (Å²) >= 11 is 0. The number of carbonyl (C=O) groups excluding carboxylic acids is 1. The molecular weight excluding hydrogens is 282 g/mol. The number of nitrogens with one attached hydrogen (secondary N) is 2. The van der Waals surface area contributed by atoms with E-state index in [9.17, 15) is 4.79 Å². The maximum Gasteiger partial charge on any atom is 0.319 e. The topological polar surface area (TPSA) is 81.1 Å². The van der Waals surface area contributed by atoms with Crippen LogP contribution in [0.1, 0.15) is 25.3 Å². The molecule has 2 N–H and O–H groups in total. The molecule has 1 saturated carbocycles. The van der Waals surface area contributed by atoms with E-state index in [4.69, 9.17) is 4.74 Å². The minimum Gasteiger partial charge on any atom is -0.480 e. The Bertz CT molecular complexity index is 629. The van der Waals surface area contributed by atoms with E-state index in [0.29, 0.717) is 11.6 Å². The highest BCUT2D eigenvalue weighted by atomic mass is 16.5. The van der Waals surface area contributed by atoms with Gasteiger partial charge in [-0.1, -0.05) is 0 Å². The van der Waals surface area contributed by atoms with Crippen LogP contribution in [-0.2, 0) is 0 Å². The van der Waals surface area contributed by atoms with Crippen molar-refractivity contribution < 1.29 is 9.53 Å². The number of aromatic nitrogens is 3. The highest BCUT2D eigenvalue weighted by molar-refractivity contribution is 5.90. The summed E-state index contributed by atoms with van der Waals surface area (Å²) in [5, 5.41) is 5.83. The number of hydrogen-bond donors (Lipinski definition) is 2. The molecule has 2 atom stereocenters. The van der Waals surface area contributed by atoms with Gasteiger partial charge in [-0.15, -0.1) is 0 Å². The summed E-state index contributed by atoms with van der Waals surface area (Å²) in [7, 11) is 1.53. The number of methoxy groups -OCH3 is 1. The van der Waals surface area contributed by atoms with Gasteiger partial charge in [0.15, 0.2) is 0 Å². The molecule has 116 valence electrons. The summed E-state index contributed by atoms with van der Waals surface area (Å²) in [5.74, 6) is 0.398. The lowest BCUT2D eigenvalue weighted by Crippen LogP contribution is -2.40. The van der Waals surface area contributed by atoms with Crippen LogP contribution in [0.25, 0.3) is 0 Å². The van der Waals surface area contributed by atoms with Crippen molar-refractivity contribution >= 4 is 11.7 Å². The molecular formula is C15H19N5O2. The summed E-state index contributed by atoms with van der Waals surface area (Å²) < 4.78 is 7.19. The fraction of sp³-hybridized carbons (Fsp3) is 0.400. The summed E-state index contributed by atoms with van der Waals surface area (Å²) in [6.45, 7) is 0. The number of amides is 2. The van der Waals surface area contributed by atoms with Gasteiger partial charge in [-0.3, -0.25) is 0 Å². The lowest BCUT2D eigenvalue weighted by molar-refractivity contribution is 0.245. The molecule has 1 aliphatic rings. The summed E-state index contributed by atoms with van der Waals surface area (Å²) in [6.07, 6.45) is 10.2. The second-order valence-electron chi connectivity index (χ2n) is 5.27. The van der Waals surface area contributed by atoms with Gasteiger partial charge in [-0.25, -0.2) is 14.8 Å². The summed E-state index contributed by atoms with van der Waals surface area (Å²) in [5.41, 5.74) is 0.555. The van der Waals surface area contributed by atoms with E-state index in [1.807, 2.05) is 6.20 Å². The third-order valence-electron chi connectivity index (χ3n) is 3.92. The molecule has 3 rings (SSSR count). The Morgan fingerprint density at radius 1 is 1.41 bits per heavy atom. The minimum absolute atomic E-state index is 0.0943. The van der Waals surface area contributed by atoms with E-state index >= 15 is 0 Å². The predicted octanol–water partition coefficient (Wildman–Crippen LogP) is 2.20. The maximum absolute atomic E-state index is 12.2. The van der Waals surface area contributed by atoms with Crippen LogP contribution in [-0.4, -0.2) is 33.7 Å². The molecule has 0 spiro atoms. The van der Waals surface area contributed by atoms with E-state index in [1.165, 1.54) is 7.11 Å². The molecule has 0 aromatic carbocycles. The molecule has 0 unspecified atom stereocenters. The van der Waals surface area contributed by atoms with Crippen LogP contribution in [0.2, 0.25) is 0 Å². The molecule has 22 heavy (non-hydrogen) atoms. The fourth-order valence-electron chi connectivity index (χ4n) is 2.91. The van der Waals surface area contributed by atoms with Crippen molar-refractivity contribution in [3.8, 4) is 5.88 Å². The van der Waals surface area contributed by atoms with E-state index in [1.54, 1.807) is 30.9 Å². The molecule has 2 aromatic rings. The third-order valence-corrected chi connectivity index (χ3v) is 3.92. The second-order valence-corrected chi connectivity index (χ2v) is 5.27. The maximum atomic E-state index is 12.2. The number of imidazole rings is 1. The van der Waals surface area contributed by atoms with Crippen LogP contribution >= 0.6 is 0 Å². The second kappa shape index (κ2) is 6.46. The zero-order valence-electron chi connectivity index (χ0n) is 12.4. The van der Waals surface area contributed by atoms with Crippen molar-refractivity contribution in [3.05, 3.63) is 37.1 Å². The molecule has 0 bridgehead atoms. The number of nitrogens with zero attached hydrogens (tertiary/aromatic N) is 3. The Hall–Kier alpha value is -2.57. The highest BCUT2D eigenvalue weighted by Gasteiger charge is 2.29. The molecule has 1 aliphatic carbocycles. The minimum atomic E-state index is -0.247. The van der Waals surface area contributed by atoms with E-state index in [2.05, 4.69) is 25.2 Å². The number of rotatable bonds is 4. The first-order valence-corrected chi connectivity index (χ1v) is 7.32. The number of hydrogen-bond acceptors (Lipinski definition) is 4. The fourth-order valence-corrected chi connectivity index (χ4v) is 2.91. The average Bonchev–Trinajstić information content (AvgIpc) is 3.18. The Labute approximate surface area is 128 Å². The van der Waals surface area contributed by atoms with Gasteiger partial charge in [0.1, 0.15) is 5.69 Å². The third kappa shape index (κ3) is 3.03. The van der Waals surface area contributed by atoms with Crippen LogP contribution < -0.4 is 15.4 Å². The Kier molecular flexibility index (Phi) is 4.22. The first-order chi connectivity index (χ1) is 10.8. The quantitative estimate of drug-likeness (QED) is 0.907. The zero-order chi connectivity index (χ0) is 15.4. The number of urea groups is 1. The Balaban J connectivity index is 1.64. The van der Waals surface area contributed by atoms with Gasteiger partial charge in [-0.05, 0) is 31.4 Å². The van der Waals surface area contributed by atoms with E-state index < -0.39 is 0 Å². The molecule has 7 heteroatoms. The Morgan fingerprint density at radius 2 is 2.32 bits per heavy atom. The molecule has 1 fully saturated rings. The normalized spacial score (nSPS) is 20.6. The van der Waals surface area contributed by atoms with Gasteiger partial charge < -0.3 is 19.9 Å². The van der Waals surface area contributed by atoms with E-state index in [-0.39, 0.29) is 18.1 Å². The van der Waals surface area contributed by atoms with Gasteiger partial charge in [0.05, 0.1) is 25.5 Å². The number of ether oxygens (including phenoxy) is 1. The van der Waals surface area contributed by atoms with Crippen LogP contribution in [0.3, 0.4) is 0 Å². The molecule has 2 amide bonds. The van der Waals surface area contributed by atoms with Crippen LogP contribution in [0, 0.1) is 0 Å². The first kappa shape index (κ1) is 14.4. The first-order valence-electron chi connectivity index (χ1n) is 7.32. The van der Waals surface area contributed by atoms with E-state index in [0.717, 1.165) is 19.3 Å². The molecule has 7 nitrogen and oxygen atoms in total. The zero-order valence-corrected chi connectivity index (χ0v) is 12.4. The standard InChI is InChI=1S/C15H19N5O2/c1-22-14-12(5-3-7-17-14)19-15(21)18-11-4-2-6-13(11)20-9-8-16-10-20/h3,5,7-11,13H,2,4,6H2,1H3,(H2,18,19,21)/t11-,13-/m1/s1. The van der Waals surface area contributed by atoms with Crippen molar-refractivity contribution in [1.82, 2.24) is 19.9 Å². The molecule has 2 aromatic heterocycles. The molecule has 0 aliphatic heterocycles. The Morgan fingerprint density at radius 3 is 3.09 bits per heavy atom. The van der Waals surface area contributed by atoms with Gasteiger partial charge in [-0.2, -0.15) is 0 Å². The van der Waals surface area contributed by atoms with Gasteiger partial charge in [0, 0.05) is 18.6 Å². The van der Waals surface area contributed by atoms with Crippen molar-refractivity contribution in [2.75, 3.05) is 12.4 Å². The molecule has 0 saturated heterocycles. The summed E-state index contributed by atoms with van der Waals surface area (Å²) in [4.78, 5) is 20.4. The SMILES string of the molecule is COc1ncccc1NC(=O)N[C@@H]1CCC[C@H]1n1ccnc1. The van der Waals surface area contributed by atoms with Gasteiger partial charge in [0.25, 0.3) is 0 Å². The van der Waals surface area contributed by atoms with Crippen molar-refractivity contribution in [2.45, 2.75) is 31.3 Å². The summed E-state index contributed by atoms with van der Waals surface area (Å²) in [6, 6.07) is 3.61. The van der Waals surface area contributed by atoms with Crippen LogP contribution in [0.4, 0.5) is 10.5 Å². The van der Waals surface area contributed by atoms with Crippen molar-refractivity contribution in [2.24, 2.45) is 0 Å². The lowest BCUT2D eigenvalue weighted by atomic mass is 10.2. The number of anilines is 1. The number of carbonyl (C=O) groups is 1. The smallest absolute Gasteiger partial charge is 0.319 e. The highest BCUT2D eigenvalue weighted by Crippen LogP contribution is 2.30. The average molecular weight is 301 g/mol. The van der Waals surface area contributed by atoms with Gasteiger partial charge in [0.2, 0.25) is 5.88 Å². The van der Waals surface area contributed by atoms with Crippen LogP contribution in [0.5, 0.6) is 5.88 Å². The molecule has 2 heterocycles. The van der Waals surface area contributed by atoms with Gasteiger partial charge >= 0.3 is 6.03 Å². The largest absolute Gasteiger partial charge is 0.480 e. The van der Waals surface area contributed by atoms with Crippen LogP contribution in [0.15, 0.2) is 37.1 Å². The predicted molar refractivity (Wildman–Crippen MR) is 81.8 cm³/mol. The van der Waals surface area contributed by atoms with Crippen molar-refractivity contribution in [3.63, 3.8) is 0 Å². The lowest BCUT2D eigenvalue weighted by Gasteiger charge is -2.22.